The lowest BCUT2D eigenvalue weighted by atomic mass is 9.83. The predicted octanol–water partition coefficient (Wildman–Crippen LogP) is 3.72. The van der Waals surface area contributed by atoms with Crippen LogP contribution in [0.3, 0.4) is 0 Å². The van der Waals surface area contributed by atoms with Crippen LogP contribution < -0.4 is 5.32 Å². The van der Waals surface area contributed by atoms with E-state index in [-0.39, 0.29) is 17.4 Å². The Morgan fingerprint density at radius 2 is 1.94 bits per heavy atom. The van der Waals surface area contributed by atoms with Gasteiger partial charge in [0.1, 0.15) is 5.60 Å². The average Bonchev–Trinajstić information content (AvgIpc) is 3.44. The third kappa shape index (κ3) is 3.73. The Hall–Kier alpha value is -3.09. The van der Waals surface area contributed by atoms with Crippen molar-refractivity contribution >= 4 is 18.1 Å². The third-order valence-electron chi connectivity index (χ3n) is 6.00. The highest BCUT2D eigenvalue weighted by molar-refractivity contribution is 5.95. The first-order chi connectivity index (χ1) is 14.7. The average molecular weight is 423 g/mol. The van der Waals surface area contributed by atoms with Gasteiger partial charge in [-0.3, -0.25) is 9.48 Å². The number of carbonyl (C=O) groups excluding carboxylic acids is 2. The summed E-state index contributed by atoms with van der Waals surface area (Å²) in [6, 6.07) is 8.17. The lowest BCUT2D eigenvalue weighted by molar-refractivity contribution is 0.0193. The zero-order valence-electron chi connectivity index (χ0n) is 18.7. The number of benzene rings is 1. The van der Waals surface area contributed by atoms with Gasteiger partial charge in [-0.1, -0.05) is 36.9 Å². The molecule has 2 aromatic rings. The van der Waals surface area contributed by atoms with Crippen molar-refractivity contribution in [1.82, 2.24) is 20.0 Å². The Kier molecular flexibility index (Phi) is 5.15. The van der Waals surface area contributed by atoms with Gasteiger partial charge in [-0.05, 0) is 44.7 Å². The van der Waals surface area contributed by atoms with Gasteiger partial charge in [-0.15, -0.1) is 0 Å². The SMILES string of the molecule is C=Cc1ccccc1C1(c2c(C(=O)NC)nn3c2CN(C(=O)OC(C)(C)C)CC3)CC1. The van der Waals surface area contributed by atoms with Gasteiger partial charge in [0.2, 0.25) is 0 Å². The number of nitrogens with zero attached hydrogens (tertiary/aromatic N) is 3. The number of aromatic nitrogens is 2. The monoisotopic (exact) mass is 422 g/mol. The van der Waals surface area contributed by atoms with Crippen LogP contribution in [0.1, 0.15) is 66.5 Å². The second-order valence-electron chi connectivity index (χ2n) is 9.25. The van der Waals surface area contributed by atoms with Crippen molar-refractivity contribution in [2.45, 2.75) is 57.7 Å². The lowest BCUT2D eigenvalue weighted by Crippen LogP contribution is -2.42. The summed E-state index contributed by atoms with van der Waals surface area (Å²) in [7, 11) is 1.62. The molecule has 1 saturated carbocycles. The third-order valence-corrected chi connectivity index (χ3v) is 6.00. The number of ether oxygens (including phenoxy) is 1. The van der Waals surface area contributed by atoms with Gasteiger partial charge in [0, 0.05) is 24.6 Å². The van der Waals surface area contributed by atoms with Crippen LogP contribution in [-0.4, -0.2) is 45.9 Å². The van der Waals surface area contributed by atoms with E-state index in [0.29, 0.717) is 25.3 Å². The summed E-state index contributed by atoms with van der Waals surface area (Å²) in [5.41, 5.74) is 3.63. The topological polar surface area (TPSA) is 76.5 Å². The highest BCUT2D eigenvalue weighted by Gasteiger charge is 2.52. The Balaban J connectivity index is 1.80. The fourth-order valence-electron chi connectivity index (χ4n) is 4.47. The van der Waals surface area contributed by atoms with Crippen molar-refractivity contribution in [1.29, 1.82) is 0 Å². The molecule has 0 saturated heterocycles. The number of carbonyl (C=O) groups is 2. The van der Waals surface area contributed by atoms with E-state index in [1.807, 2.05) is 49.7 Å². The van der Waals surface area contributed by atoms with Crippen LogP contribution in [0.25, 0.3) is 6.08 Å². The molecule has 0 unspecified atom stereocenters. The molecule has 2 aliphatic rings. The summed E-state index contributed by atoms with van der Waals surface area (Å²) >= 11 is 0. The first-order valence-corrected chi connectivity index (χ1v) is 10.7. The number of amides is 2. The standard InChI is InChI=1S/C24H30N4O3/c1-6-16-9-7-8-10-17(16)24(11-12-24)19-18-15-27(22(30)31-23(2,3)4)13-14-28(18)26-20(19)21(29)25-5/h6-10H,1,11-15H2,2-5H3,(H,25,29). The lowest BCUT2D eigenvalue weighted by Gasteiger charge is -2.31. The molecule has 0 bridgehead atoms. The van der Waals surface area contributed by atoms with Gasteiger partial charge in [0.25, 0.3) is 5.91 Å². The molecular formula is C24H30N4O3. The van der Waals surface area contributed by atoms with Gasteiger partial charge >= 0.3 is 6.09 Å². The molecule has 1 N–H and O–H groups in total. The van der Waals surface area contributed by atoms with Gasteiger partial charge in [-0.2, -0.15) is 5.10 Å². The Labute approximate surface area is 183 Å². The molecular weight excluding hydrogens is 392 g/mol. The van der Waals surface area contributed by atoms with Crippen LogP contribution >= 0.6 is 0 Å². The molecule has 1 fully saturated rings. The highest BCUT2D eigenvalue weighted by Crippen LogP contribution is 2.56. The second kappa shape index (κ2) is 7.55. The molecule has 7 nitrogen and oxygen atoms in total. The summed E-state index contributed by atoms with van der Waals surface area (Å²) in [6.07, 6.45) is 3.36. The summed E-state index contributed by atoms with van der Waals surface area (Å²) in [5.74, 6) is -0.205. The summed E-state index contributed by atoms with van der Waals surface area (Å²) in [6.45, 7) is 10.9. The number of nitrogens with one attached hydrogen (secondary N) is 1. The minimum Gasteiger partial charge on any atom is -0.444 e. The van der Waals surface area contributed by atoms with Crippen molar-refractivity contribution in [2.75, 3.05) is 13.6 Å². The van der Waals surface area contributed by atoms with E-state index < -0.39 is 5.60 Å². The normalized spacial score (nSPS) is 17.0. The van der Waals surface area contributed by atoms with E-state index in [1.54, 1.807) is 11.9 Å². The fraction of sp³-hybridized carbons (Fsp3) is 0.458. The van der Waals surface area contributed by atoms with E-state index in [1.165, 1.54) is 0 Å². The molecule has 0 atom stereocenters. The maximum Gasteiger partial charge on any atom is 0.410 e. The minimum absolute atomic E-state index is 0.205. The Bertz CT molecular complexity index is 1040. The van der Waals surface area contributed by atoms with Crippen molar-refractivity contribution in [2.24, 2.45) is 0 Å². The maximum absolute atomic E-state index is 12.8. The molecule has 7 heteroatoms. The number of hydrogen-bond donors (Lipinski definition) is 1. The van der Waals surface area contributed by atoms with E-state index in [9.17, 15) is 9.59 Å². The first-order valence-electron chi connectivity index (χ1n) is 10.7. The molecule has 164 valence electrons. The van der Waals surface area contributed by atoms with Crippen LogP contribution in [0.5, 0.6) is 0 Å². The second-order valence-corrected chi connectivity index (χ2v) is 9.25. The van der Waals surface area contributed by atoms with E-state index in [0.717, 1.165) is 35.2 Å². The molecule has 0 radical (unpaired) electrons. The molecule has 2 heterocycles. The predicted molar refractivity (Wildman–Crippen MR) is 119 cm³/mol. The van der Waals surface area contributed by atoms with Gasteiger partial charge in [-0.25, -0.2) is 4.79 Å². The number of rotatable bonds is 4. The largest absolute Gasteiger partial charge is 0.444 e. The quantitative estimate of drug-likeness (QED) is 0.815. The maximum atomic E-state index is 12.8. The van der Waals surface area contributed by atoms with Crippen LogP contribution in [0.4, 0.5) is 4.79 Å². The van der Waals surface area contributed by atoms with E-state index in [4.69, 9.17) is 4.74 Å². The Morgan fingerprint density at radius 1 is 1.23 bits per heavy atom. The van der Waals surface area contributed by atoms with Crippen molar-refractivity contribution < 1.29 is 14.3 Å². The summed E-state index contributed by atoms with van der Waals surface area (Å²) in [5, 5.41) is 7.41. The van der Waals surface area contributed by atoms with E-state index in [2.05, 4.69) is 23.1 Å². The fourth-order valence-corrected chi connectivity index (χ4v) is 4.47. The minimum atomic E-state index is -0.564. The molecule has 1 aliphatic heterocycles. The van der Waals surface area contributed by atoms with Crippen molar-refractivity contribution in [3.63, 3.8) is 0 Å². The van der Waals surface area contributed by atoms with Crippen LogP contribution in [0.2, 0.25) is 0 Å². The molecule has 4 rings (SSSR count). The zero-order chi connectivity index (χ0) is 22.4. The summed E-state index contributed by atoms with van der Waals surface area (Å²) in [4.78, 5) is 27.3. The van der Waals surface area contributed by atoms with Crippen molar-refractivity contribution in [3.8, 4) is 0 Å². The van der Waals surface area contributed by atoms with Crippen LogP contribution in [-0.2, 0) is 23.2 Å². The number of fused-ring (bicyclic) bond motifs is 1. The molecule has 31 heavy (non-hydrogen) atoms. The molecule has 1 aromatic carbocycles. The number of hydrogen-bond acceptors (Lipinski definition) is 4. The van der Waals surface area contributed by atoms with Crippen LogP contribution in [0, 0.1) is 0 Å². The molecule has 2 amide bonds. The van der Waals surface area contributed by atoms with E-state index >= 15 is 0 Å². The van der Waals surface area contributed by atoms with Gasteiger partial charge in [0.15, 0.2) is 5.69 Å². The molecule has 0 spiro atoms. The van der Waals surface area contributed by atoms with Crippen molar-refractivity contribution in [3.05, 3.63) is 58.9 Å². The first kappa shape index (κ1) is 21.2. The smallest absolute Gasteiger partial charge is 0.410 e. The highest BCUT2D eigenvalue weighted by atomic mass is 16.6. The zero-order valence-corrected chi connectivity index (χ0v) is 18.7. The van der Waals surface area contributed by atoms with Gasteiger partial charge in [0.05, 0.1) is 18.8 Å². The Morgan fingerprint density at radius 3 is 2.55 bits per heavy atom. The van der Waals surface area contributed by atoms with Crippen LogP contribution in [0.15, 0.2) is 30.8 Å². The summed E-state index contributed by atoms with van der Waals surface area (Å²) < 4.78 is 7.48. The molecule has 1 aromatic heterocycles. The molecule has 1 aliphatic carbocycles. The van der Waals surface area contributed by atoms with Gasteiger partial charge < -0.3 is 15.0 Å².